The minimum atomic E-state index is -0.519. The third-order valence-corrected chi connectivity index (χ3v) is 5.02. The van der Waals surface area contributed by atoms with Gasteiger partial charge in [0.15, 0.2) is 5.69 Å². The summed E-state index contributed by atoms with van der Waals surface area (Å²) in [5.41, 5.74) is -0.129. The summed E-state index contributed by atoms with van der Waals surface area (Å²) >= 11 is 3.45. The van der Waals surface area contributed by atoms with E-state index < -0.39 is 11.7 Å². The Kier molecular flexibility index (Phi) is 5.45. The van der Waals surface area contributed by atoms with Gasteiger partial charge in [0, 0.05) is 32.1 Å². The van der Waals surface area contributed by atoms with Crippen molar-refractivity contribution in [3.05, 3.63) is 10.2 Å². The van der Waals surface area contributed by atoms with Gasteiger partial charge >= 0.3 is 6.09 Å². The number of piperidine rings is 1. The van der Waals surface area contributed by atoms with E-state index in [-0.39, 0.29) is 11.9 Å². The molecular weight excluding hydrogens is 404 g/mol. The number of likely N-dealkylation sites (tertiary alicyclic amines) is 1. The molecule has 26 heavy (non-hydrogen) atoms. The normalized spacial score (nSPS) is 18.1. The number of amides is 2. The number of hydrogen-bond donors (Lipinski definition) is 1. The van der Waals surface area contributed by atoms with Gasteiger partial charge in [-0.25, -0.2) is 9.48 Å². The molecule has 0 saturated carbocycles. The molecule has 1 aromatic rings. The fourth-order valence-corrected chi connectivity index (χ4v) is 3.65. The Hall–Kier alpha value is -1.77. The number of fused-ring (bicyclic) bond motifs is 1. The van der Waals surface area contributed by atoms with Crippen LogP contribution in [0, 0.1) is 0 Å². The van der Waals surface area contributed by atoms with Crippen LogP contribution in [0.3, 0.4) is 0 Å². The Morgan fingerprint density at radius 3 is 2.58 bits per heavy atom. The summed E-state index contributed by atoms with van der Waals surface area (Å²) in [6.45, 7) is 8.02. The molecule has 0 spiro atoms. The maximum atomic E-state index is 12.8. The quantitative estimate of drug-likeness (QED) is 0.781. The predicted octanol–water partition coefficient (Wildman–Crippen LogP) is 2.56. The number of aromatic nitrogens is 2. The van der Waals surface area contributed by atoms with Crippen LogP contribution < -0.4 is 10.1 Å². The molecule has 0 atom stereocenters. The topological polar surface area (TPSA) is 85.7 Å². The number of carbonyl (C=O) groups excluding carboxylic acids is 2. The Bertz CT molecular complexity index is 690. The van der Waals surface area contributed by atoms with E-state index in [1.807, 2.05) is 20.8 Å². The van der Waals surface area contributed by atoms with Gasteiger partial charge in [-0.15, -0.1) is 0 Å². The molecule has 3 rings (SSSR count). The summed E-state index contributed by atoms with van der Waals surface area (Å²) in [5, 5.41) is 7.27. The lowest BCUT2D eigenvalue weighted by Gasteiger charge is -2.32. The average molecular weight is 429 g/mol. The van der Waals surface area contributed by atoms with Gasteiger partial charge in [0.05, 0.1) is 6.61 Å². The van der Waals surface area contributed by atoms with E-state index in [0.717, 1.165) is 13.0 Å². The van der Waals surface area contributed by atoms with Gasteiger partial charge in [-0.05, 0) is 49.5 Å². The van der Waals surface area contributed by atoms with Crippen molar-refractivity contribution in [3.63, 3.8) is 0 Å². The van der Waals surface area contributed by atoms with Gasteiger partial charge in [0.2, 0.25) is 5.88 Å². The van der Waals surface area contributed by atoms with E-state index in [4.69, 9.17) is 9.47 Å². The van der Waals surface area contributed by atoms with Crippen LogP contribution in [0.25, 0.3) is 0 Å². The fourth-order valence-electron chi connectivity index (χ4n) is 3.08. The van der Waals surface area contributed by atoms with Gasteiger partial charge in [-0.1, -0.05) is 0 Å². The van der Waals surface area contributed by atoms with E-state index in [9.17, 15) is 9.59 Å². The molecule has 1 aromatic heterocycles. The zero-order valence-corrected chi connectivity index (χ0v) is 17.0. The lowest BCUT2D eigenvalue weighted by molar-refractivity contribution is 0.0473. The Balaban J connectivity index is 1.56. The molecule has 0 unspecified atom stereocenters. The molecule has 1 N–H and O–H groups in total. The minimum absolute atomic E-state index is 0.0101. The Labute approximate surface area is 161 Å². The molecule has 0 aliphatic carbocycles. The van der Waals surface area contributed by atoms with Crippen LogP contribution >= 0.6 is 15.9 Å². The van der Waals surface area contributed by atoms with Crippen molar-refractivity contribution < 1.29 is 19.1 Å². The first-order valence-corrected chi connectivity index (χ1v) is 9.72. The van der Waals surface area contributed by atoms with Crippen molar-refractivity contribution in [2.75, 3.05) is 19.7 Å². The molecule has 2 aliphatic rings. The monoisotopic (exact) mass is 428 g/mol. The predicted molar refractivity (Wildman–Crippen MR) is 98.3 cm³/mol. The highest BCUT2D eigenvalue weighted by molar-refractivity contribution is 9.10. The SMILES string of the molecule is CC(C)(C)OC(=O)NC1CCN(C(=O)c2nn3c(c2Br)OCCC3)CC1. The first kappa shape index (κ1) is 19.0. The number of halogens is 1. The van der Waals surface area contributed by atoms with Crippen molar-refractivity contribution in [1.82, 2.24) is 20.0 Å². The number of nitrogens with one attached hydrogen (secondary N) is 1. The molecule has 1 saturated heterocycles. The third kappa shape index (κ3) is 4.31. The van der Waals surface area contributed by atoms with Crippen LogP contribution in [-0.4, -0.2) is 58.0 Å². The zero-order valence-electron chi connectivity index (χ0n) is 15.4. The van der Waals surface area contributed by atoms with Gasteiger partial charge in [0.25, 0.3) is 5.91 Å². The van der Waals surface area contributed by atoms with E-state index in [0.29, 0.717) is 48.6 Å². The summed E-state index contributed by atoms with van der Waals surface area (Å²) in [4.78, 5) is 26.5. The number of hydrogen-bond acceptors (Lipinski definition) is 5. The molecule has 2 aliphatic heterocycles. The maximum absolute atomic E-state index is 12.8. The van der Waals surface area contributed by atoms with E-state index in [2.05, 4.69) is 26.3 Å². The van der Waals surface area contributed by atoms with Crippen molar-refractivity contribution in [2.45, 2.75) is 58.2 Å². The Morgan fingerprint density at radius 2 is 1.96 bits per heavy atom. The lowest BCUT2D eigenvalue weighted by Crippen LogP contribution is -2.47. The first-order valence-electron chi connectivity index (χ1n) is 8.92. The van der Waals surface area contributed by atoms with E-state index in [1.165, 1.54) is 0 Å². The number of carbonyl (C=O) groups is 2. The van der Waals surface area contributed by atoms with Gasteiger partial charge < -0.3 is 19.7 Å². The standard InChI is InChI=1S/C17H25BrN4O4/c1-17(2,3)26-16(24)19-11-5-8-21(9-6-11)14(23)13-12(18)15-22(20-13)7-4-10-25-15/h11H,4-10H2,1-3H3,(H,19,24). The molecule has 8 nitrogen and oxygen atoms in total. The molecule has 9 heteroatoms. The molecule has 0 aromatic carbocycles. The summed E-state index contributed by atoms with van der Waals surface area (Å²) in [7, 11) is 0. The molecule has 0 radical (unpaired) electrons. The highest BCUT2D eigenvalue weighted by Gasteiger charge is 2.31. The summed E-state index contributed by atoms with van der Waals surface area (Å²) in [6, 6.07) is 0.0101. The molecular formula is C17H25BrN4O4. The zero-order chi connectivity index (χ0) is 18.9. The molecule has 3 heterocycles. The van der Waals surface area contributed by atoms with Crippen LogP contribution in [0.5, 0.6) is 5.88 Å². The third-order valence-electron chi connectivity index (χ3n) is 4.31. The van der Waals surface area contributed by atoms with Gasteiger partial charge in [-0.3, -0.25) is 4.79 Å². The van der Waals surface area contributed by atoms with Crippen molar-refractivity contribution >= 4 is 27.9 Å². The maximum Gasteiger partial charge on any atom is 0.407 e. The van der Waals surface area contributed by atoms with Crippen LogP contribution in [0.2, 0.25) is 0 Å². The number of ether oxygens (including phenoxy) is 2. The van der Waals surface area contributed by atoms with Crippen molar-refractivity contribution in [1.29, 1.82) is 0 Å². The fraction of sp³-hybridized carbons (Fsp3) is 0.706. The second kappa shape index (κ2) is 7.46. The van der Waals surface area contributed by atoms with Crippen molar-refractivity contribution in [2.24, 2.45) is 0 Å². The van der Waals surface area contributed by atoms with Crippen LogP contribution in [0.15, 0.2) is 4.47 Å². The highest BCUT2D eigenvalue weighted by atomic mass is 79.9. The van der Waals surface area contributed by atoms with Crippen LogP contribution in [-0.2, 0) is 11.3 Å². The number of rotatable bonds is 2. The minimum Gasteiger partial charge on any atom is -0.477 e. The van der Waals surface area contributed by atoms with E-state index in [1.54, 1.807) is 9.58 Å². The highest BCUT2D eigenvalue weighted by Crippen LogP contribution is 2.32. The molecule has 0 bridgehead atoms. The van der Waals surface area contributed by atoms with Gasteiger partial charge in [-0.2, -0.15) is 5.10 Å². The van der Waals surface area contributed by atoms with E-state index >= 15 is 0 Å². The summed E-state index contributed by atoms with van der Waals surface area (Å²) < 4.78 is 13.2. The molecule has 144 valence electrons. The Morgan fingerprint density at radius 1 is 1.27 bits per heavy atom. The molecule has 2 amide bonds. The average Bonchev–Trinajstić information content (AvgIpc) is 2.90. The first-order chi connectivity index (χ1) is 12.2. The van der Waals surface area contributed by atoms with Crippen LogP contribution in [0.1, 0.15) is 50.5 Å². The number of nitrogens with zero attached hydrogens (tertiary/aromatic N) is 3. The smallest absolute Gasteiger partial charge is 0.407 e. The second-order valence-corrected chi connectivity index (χ2v) is 8.40. The number of aryl methyl sites for hydroxylation is 1. The van der Waals surface area contributed by atoms with Crippen LogP contribution in [0.4, 0.5) is 4.79 Å². The summed E-state index contributed by atoms with van der Waals surface area (Å²) in [6.07, 6.45) is 1.85. The molecule has 1 fully saturated rings. The second-order valence-electron chi connectivity index (χ2n) is 7.61. The van der Waals surface area contributed by atoms with Crippen molar-refractivity contribution in [3.8, 4) is 5.88 Å². The number of alkyl carbamates (subject to hydrolysis) is 1. The summed E-state index contributed by atoms with van der Waals surface area (Å²) in [5.74, 6) is 0.513. The lowest BCUT2D eigenvalue weighted by atomic mass is 10.0. The van der Waals surface area contributed by atoms with Gasteiger partial charge in [0.1, 0.15) is 10.1 Å². The largest absolute Gasteiger partial charge is 0.477 e.